The third-order valence-corrected chi connectivity index (χ3v) is 3.56. The van der Waals surface area contributed by atoms with E-state index in [2.05, 4.69) is 42.9 Å². The monoisotopic (exact) mass is 192 g/mol. The van der Waals surface area contributed by atoms with Gasteiger partial charge in [-0.15, -0.1) is 0 Å². The van der Waals surface area contributed by atoms with Crippen LogP contribution in [0.15, 0.2) is 12.3 Å². The molecule has 0 radical (unpaired) electrons. The molecule has 0 amide bonds. The number of aromatic amines is 1. The molecule has 0 aromatic carbocycles. The Morgan fingerprint density at radius 3 is 2.93 bits per heavy atom. The lowest BCUT2D eigenvalue weighted by Gasteiger charge is -2.39. The van der Waals surface area contributed by atoms with Crippen LogP contribution in [0.25, 0.3) is 0 Å². The number of aromatic nitrogens is 1. The van der Waals surface area contributed by atoms with Gasteiger partial charge in [0.15, 0.2) is 0 Å². The molecule has 0 saturated carbocycles. The molecule has 0 saturated heterocycles. The smallest absolute Gasteiger partial charge is 0.0340 e. The predicted octanol–water partition coefficient (Wildman–Crippen LogP) is 2.73. The van der Waals surface area contributed by atoms with Crippen molar-refractivity contribution in [2.45, 2.75) is 45.7 Å². The highest BCUT2D eigenvalue weighted by Crippen LogP contribution is 2.32. The molecule has 0 aliphatic carbocycles. The second-order valence-corrected chi connectivity index (χ2v) is 4.18. The van der Waals surface area contributed by atoms with E-state index in [1.807, 2.05) is 0 Å². The van der Waals surface area contributed by atoms with Crippen molar-refractivity contribution in [2.75, 3.05) is 6.54 Å². The molecule has 78 valence electrons. The highest BCUT2D eigenvalue weighted by Gasteiger charge is 2.29. The summed E-state index contributed by atoms with van der Waals surface area (Å²) < 4.78 is 0. The fraction of sp³-hybridized carbons (Fsp3) is 0.667. The summed E-state index contributed by atoms with van der Waals surface area (Å²) in [5, 5.41) is 0. The van der Waals surface area contributed by atoms with E-state index >= 15 is 0 Å². The lowest BCUT2D eigenvalue weighted by molar-refractivity contribution is 0.131. The molecule has 2 heterocycles. The zero-order valence-corrected chi connectivity index (χ0v) is 9.38. The molecule has 1 aliphatic heterocycles. The van der Waals surface area contributed by atoms with E-state index in [-0.39, 0.29) is 0 Å². The number of fused-ring (bicyclic) bond motifs is 1. The highest BCUT2D eigenvalue weighted by atomic mass is 15.2. The zero-order valence-electron chi connectivity index (χ0n) is 9.38. The van der Waals surface area contributed by atoms with Gasteiger partial charge < -0.3 is 4.98 Å². The summed E-state index contributed by atoms with van der Waals surface area (Å²) in [6.45, 7) is 8.02. The van der Waals surface area contributed by atoms with E-state index in [4.69, 9.17) is 0 Å². The summed E-state index contributed by atoms with van der Waals surface area (Å²) in [7, 11) is 0. The molecule has 0 spiro atoms. The number of rotatable bonds is 2. The fourth-order valence-corrected chi connectivity index (χ4v) is 2.74. The van der Waals surface area contributed by atoms with Gasteiger partial charge in [-0.1, -0.05) is 13.8 Å². The lowest BCUT2D eigenvalue weighted by atomic mass is 9.93. The van der Waals surface area contributed by atoms with E-state index in [1.165, 1.54) is 24.1 Å². The maximum Gasteiger partial charge on any atom is 0.0340 e. The van der Waals surface area contributed by atoms with Gasteiger partial charge in [0.25, 0.3) is 0 Å². The Kier molecular flexibility index (Phi) is 2.64. The normalized spacial score (nSPS) is 27.6. The molecule has 2 heteroatoms. The van der Waals surface area contributed by atoms with Crippen LogP contribution < -0.4 is 0 Å². The van der Waals surface area contributed by atoms with E-state index in [9.17, 15) is 0 Å². The largest absolute Gasteiger partial charge is 0.365 e. The molecule has 14 heavy (non-hydrogen) atoms. The average Bonchev–Trinajstić information content (AvgIpc) is 2.65. The van der Waals surface area contributed by atoms with Gasteiger partial charge in [-0.2, -0.15) is 0 Å². The number of nitrogens with one attached hydrogen (secondary N) is 1. The first-order chi connectivity index (χ1) is 6.77. The number of H-pyrrole nitrogens is 1. The van der Waals surface area contributed by atoms with Gasteiger partial charge in [-0.05, 0) is 31.5 Å². The molecule has 0 bridgehead atoms. The van der Waals surface area contributed by atoms with Gasteiger partial charge in [0.1, 0.15) is 0 Å². The van der Waals surface area contributed by atoms with Gasteiger partial charge in [0, 0.05) is 30.4 Å². The van der Waals surface area contributed by atoms with Crippen LogP contribution in [0, 0.1) is 0 Å². The van der Waals surface area contributed by atoms with Gasteiger partial charge >= 0.3 is 0 Å². The maximum atomic E-state index is 3.37. The minimum atomic E-state index is 0.583. The van der Waals surface area contributed by atoms with Gasteiger partial charge in [-0.25, -0.2) is 0 Å². The topological polar surface area (TPSA) is 19.0 Å². The zero-order chi connectivity index (χ0) is 10.1. The molecule has 2 rings (SSSR count). The van der Waals surface area contributed by atoms with Crippen molar-refractivity contribution in [3.8, 4) is 0 Å². The van der Waals surface area contributed by atoms with Gasteiger partial charge in [-0.3, -0.25) is 4.90 Å². The molecular weight excluding hydrogens is 172 g/mol. The second-order valence-electron chi connectivity index (χ2n) is 4.18. The van der Waals surface area contributed by atoms with Crippen LogP contribution in [-0.2, 0) is 6.42 Å². The SMILES string of the molecule is CC[C@H]1Cc2[nH]ccc2[C@@H](C)N1CC. The summed E-state index contributed by atoms with van der Waals surface area (Å²) in [4.78, 5) is 5.98. The lowest BCUT2D eigenvalue weighted by Crippen LogP contribution is -2.42. The van der Waals surface area contributed by atoms with Crippen LogP contribution in [0.3, 0.4) is 0 Å². The minimum absolute atomic E-state index is 0.583. The molecule has 1 N–H and O–H groups in total. The number of hydrogen-bond acceptors (Lipinski definition) is 1. The molecule has 2 nitrogen and oxygen atoms in total. The molecular formula is C12H20N2. The van der Waals surface area contributed by atoms with Crippen LogP contribution in [0.4, 0.5) is 0 Å². The standard InChI is InChI=1S/C12H20N2/c1-4-10-8-12-11(6-7-13-12)9(3)14(10)5-2/h6-7,9-10,13H,4-5,8H2,1-3H3/t9-,10+/m1/s1. The Morgan fingerprint density at radius 1 is 1.50 bits per heavy atom. The Balaban J connectivity index is 2.31. The van der Waals surface area contributed by atoms with Crippen molar-refractivity contribution < 1.29 is 0 Å². The molecule has 1 aromatic heterocycles. The fourth-order valence-electron chi connectivity index (χ4n) is 2.74. The van der Waals surface area contributed by atoms with Crippen LogP contribution in [-0.4, -0.2) is 22.5 Å². The summed E-state index contributed by atoms with van der Waals surface area (Å²) in [5.41, 5.74) is 2.95. The number of likely N-dealkylation sites (N-methyl/N-ethyl adjacent to an activating group) is 1. The molecule has 1 aromatic rings. The van der Waals surface area contributed by atoms with Crippen LogP contribution in [0.2, 0.25) is 0 Å². The van der Waals surface area contributed by atoms with Crippen LogP contribution in [0.1, 0.15) is 44.5 Å². The van der Waals surface area contributed by atoms with Crippen molar-refractivity contribution in [3.05, 3.63) is 23.5 Å². The summed E-state index contributed by atoms with van der Waals surface area (Å²) in [6, 6.07) is 3.54. The predicted molar refractivity (Wildman–Crippen MR) is 59.4 cm³/mol. The van der Waals surface area contributed by atoms with Crippen LogP contribution >= 0.6 is 0 Å². The van der Waals surface area contributed by atoms with Crippen molar-refractivity contribution >= 4 is 0 Å². The van der Waals surface area contributed by atoms with Gasteiger partial charge in [0.05, 0.1) is 0 Å². The van der Waals surface area contributed by atoms with Crippen molar-refractivity contribution in [1.29, 1.82) is 0 Å². The molecule has 0 unspecified atom stereocenters. The van der Waals surface area contributed by atoms with E-state index in [1.54, 1.807) is 0 Å². The first-order valence-electron chi connectivity index (χ1n) is 5.69. The molecule has 0 fully saturated rings. The highest BCUT2D eigenvalue weighted by molar-refractivity contribution is 5.27. The van der Waals surface area contributed by atoms with Crippen molar-refractivity contribution in [2.24, 2.45) is 0 Å². The summed E-state index contributed by atoms with van der Waals surface area (Å²) >= 11 is 0. The van der Waals surface area contributed by atoms with Crippen LogP contribution in [0.5, 0.6) is 0 Å². The van der Waals surface area contributed by atoms with Crippen molar-refractivity contribution in [3.63, 3.8) is 0 Å². The third-order valence-electron chi connectivity index (χ3n) is 3.56. The second kappa shape index (κ2) is 3.77. The molecule has 1 aliphatic rings. The number of nitrogens with zero attached hydrogens (tertiary/aromatic N) is 1. The number of hydrogen-bond donors (Lipinski definition) is 1. The Bertz CT molecular complexity index is 303. The first kappa shape index (κ1) is 9.78. The summed E-state index contributed by atoms with van der Waals surface area (Å²) in [6.07, 6.45) is 4.51. The van der Waals surface area contributed by atoms with E-state index in [0.717, 1.165) is 12.6 Å². The van der Waals surface area contributed by atoms with E-state index in [0.29, 0.717) is 6.04 Å². The molecule has 2 atom stereocenters. The minimum Gasteiger partial charge on any atom is -0.365 e. The Hall–Kier alpha value is -0.760. The van der Waals surface area contributed by atoms with Gasteiger partial charge in [0.2, 0.25) is 0 Å². The summed E-state index contributed by atoms with van der Waals surface area (Å²) in [5.74, 6) is 0. The Labute approximate surface area is 86.3 Å². The third kappa shape index (κ3) is 1.38. The quantitative estimate of drug-likeness (QED) is 0.763. The maximum absolute atomic E-state index is 3.37. The van der Waals surface area contributed by atoms with Crippen molar-refractivity contribution in [1.82, 2.24) is 9.88 Å². The Morgan fingerprint density at radius 2 is 2.29 bits per heavy atom. The first-order valence-corrected chi connectivity index (χ1v) is 5.69. The average molecular weight is 192 g/mol. The van der Waals surface area contributed by atoms with E-state index < -0.39 is 0 Å².